The number of nitrogens with one attached hydrogen (secondary N) is 2. The van der Waals surface area contributed by atoms with Gasteiger partial charge in [-0.3, -0.25) is 9.59 Å². The molecule has 0 radical (unpaired) electrons. The number of aryl methyl sites for hydroxylation is 1. The summed E-state index contributed by atoms with van der Waals surface area (Å²) in [4.78, 5) is 25.5. The lowest BCUT2D eigenvalue weighted by atomic mass is 10.1. The van der Waals surface area contributed by atoms with Crippen molar-refractivity contribution in [2.75, 3.05) is 31.3 Å². The van der Waals surface area contributed by atoms with Gasteiger partial charge in [-0.15, -0.1) is 0 Å². The highest BCUT2D eigenvalue weighted by Crippen LogP contribution is 2.24. The van der Waals surface area contributed by atoms with Crippen LogP contribution in [-0.4, -0.2) is 45.2 Å². The number of hydrogen-bond acceptors (Lipinski definition) is 5. The molecule has 0 aliphatic carbocycles. The van der Waals surface area contributed by atoms with Gasteiger partial charge in [-0.2, -0.15) is 0 Å². The van der Waals surface area contributed by atoms with E-state index in [0.717, 1.165) is 10.1 Å². The van der Waals surface area contributed by atoms with Crippen LogP contribution in [0.15, 0.2) is 65.6 Å². The van der Waals surface area contributed by atoms with E-state index in [1.807, 2.05) is 6.92 Å². The Morgan fingerprint density at radius 2 is 1.34 bits per heavy atom. The number of carbonyl (C=O) groups excluding carboxylic acids is 2. The highest BCUT2D eigenvalue weighted by Gasteiger charge is 2.23. The van der Waals surface area contributed by atoms with Crippen LogP contribution in [0.3, 0.4) is 0 Å². The zero-order valence-electron chi connectivity index (χ0n) is 20.4. The summed E-state index contributed by atoms with van der Waals surface area (Å²) in [5.74, 6) is -0.0181. The van der Waals surface area contributed by atoms with E-state index in [1.165, 1.54) is 20.2 Å². The highest BCUT2D eigenvalue weighted by atomic mass is 32.2. The van der Waals surface area contributed by atoms with Gasteiger partial charge in [0.25, 0.3) is 11.8 Å². The maximum atomic E-state index is 12.9. The number of carbonyl (C=O) groups is 2. The molecule has 0 heterocycles. The molecule has 2 amide bonds. The standard InChI is InChI=1S/C26H29N3O5S/c1-6-34-23-13-11-22(12-14-23)27-25(30)19-7-9-21(10-8-19)28-26(31)20-15-17(2)18(3)24(16-20)35(32,33)29(4)5/h7-16H,6H2,1-5H3,(H,27,30)(H,28,31). The number of sulfonamides is 1. The quantitative estimate of drug-likeness (QED) is 0.480. The van der Waals surface area contributed by atoms with Gasteiger partial charge in [-0.1, -0.05) is 0 Å². The van der Waals surface area contributed by atoms with Crippen molar-refractivity contribution in [1.29, 1.82) is 0 Å². The van der Waals surface area contributed by atoms with Gasteiger partial charge in [0.1, 0.15) is 5.75 Å². The Hall–Kier alpha value is -3.69. The van der Waals surface area contributed by atoms with Crippen LogP contribution in [0, 0.1) is 13.8 Å². The molecular formula is C26H29N3O5S. The van der Waals surface area contributed by atoms with Crippen LogP contribution in [-0.2, 0) is 10.0 Å². The molecule has 0 aliphatic heterocycles. The molecule has 0 aliphatic rings. The summed E-state index contributed by atoms with van der Waals surface area (Å²) < 4.78 is 31.8. The van der Waals surface area contributed by atoms with Crippen LogP contribution in [0.25, 0.3) is 0 Å². The average Bonchev–Trinajstić information content (AvgIpc) is 2.82. The van der Waals surface area contributed by atoms with Gasteiger partial charge in [-0.25, -0.2) is 12.7 Å². The van der Waals surface area contributed by atoms with Gasteiger partial charge in [0.15, 0.2) is 0 Å². The summed E-state index contributed by atoms with van der Waals surface area (Å²) in [6, 6.07) is 16.5. The zero-order valence-corrected chi connectivity index (χ0v) is 21.2. The zero-order chi connectivity index (χ0) is 25.8. The number of hydrogen-bond donors (Lipinski definition) is 2. The number of anilines is 2. The first-order valence-electron chi connectivity index (χ1n) is 11.0. The Kier molecular flexibility index (Phi) is 7.93. The van der Waals surface area contributed by atoms with Crippen LogP contribution < -0.4 is 15.4 Å². The highest BCUT2D eigenvalue weighted by molar-refractivity contribution is 7.89. The van der Waals surface area contributed by atoms with Crippen molar-refractivity contribution in [1.82, 2.24) is 4.31 Å². The van der Waals surface area contributed by atoms with Gasteiger partial charge in [0.2, 0.25) is 10.0 Å². The molecule has 35 heavy (non-hydrogen) atoms. The molecule has 0 aromatic heterocycles. The van der Waals surface area contributed by atoms with E-state index >= 15 is 0 Å². The van der Waals surface area contributed by atoms with Crippen molar-refractivity contribution in [3.05, 3.63) is 82.9 Å². The molecule has 0 saturated heterocycles. The average molecular weight is 496 g/mol. The third-order valence-electron chi connectivity index (χ3n) is 5.47. The van der Waals surface area contributed by atoms with Crippen molar-refractivity contribution in [3.63, 3.8) is 0 Å². The molecule has 2 N–H and O–H groups in total. The first-order chi connectivity index (χ1) is 16.5. The van der Waals surface area contributed by atoms with Crippen molar-refractivity contribution >= 4 is 33.2 Å². The Balaban J connectivity index is 1.72. The summed E-state index contributed by atoms with van der Waals surface area (Å²) in [7, 11) is -0.806. The van der Waals surface area contributed by atoms with E-state index in [-0.39, 0.29) is 16.4 Å². The largest absolute Gasteiger partial charge is 0.494 e. The lowest BCUT2D eigenvalue weighted by Crippen LogP contribution is -2.24. The van der Waals surface area contributed by atoms with E-state index < -0.39 is 15.9 Å². The second-order valence-electron chi connectivity index (χ2n) is 8.15. The molecule has 0 unspecified atom stereocenters. The Morgan fingerprint density at radius 1 is 0.829 bits per heavy atom. The van der Waals surface area contributed by atoms with E-state index in [0.29, 0.717) is 34.7 Å². The van der Waals surface area contributed by atoms with Crippen molar-refractivity contribution in [3.8, 4) is 5.75 Å². The third kappa shape index (κ3) is 6.06. The molecule has 3 aromatic rings. The third-order valence-corrected chi connectivity index (χ3v) is 7.41. The maximum absolute atomic E-state index is 12.9. The minimum absolute atomic E-state index is 0.0916. The van der Waals surface area contributed by atoms with Crippen LogP contribution in [0.5, 0.6) is 5.75 Å². The number of amides is 2. The Labute approximate surface area is 206 Å². The fourth-order valence-corrected chi connectivity index (χ4v) is 4.55. The lowest BCUT2D eigenvalue weighted by molar-refractivity contribution is 0.101. The maximum Gasteiger partial charge on any atom is 0.255 e. The number of benzene rings is 3. The molecule has 0 fully saturated rings. The number of ether oxygens (including phenoxy) is 1. The molecule has 0 atom stereocenters. The normalized spacial score (nSPS) is 11.3. The van der Waals surface area contributed by atoms with Crippen LogP contribution in [0.2, 0.25) is 0 Å². The lowest BCUT2D eigenvalue weighted by Gasteiger charge is -2.16. The molecule has 184 valence electrons. The minimum atomic E-state index is -3.70. The van der Waals surface area contributed by atoms with Crippen molar-refractivity contribution < 1.29 is 22.7 Å². The monoisotopic (exact) mass is 495 g/mol. The molecular weight excluding hydrogens is 466 g/mol. The molecule has 8 nitrogen and oxygen atoms in total. The van der Waals surface area contributed by atoms with Gasteiger partial charge in [-0.05, 0) is 92.6 Å². The van der Waals surface area contributed by atoms with Gasteiger partial charge < -0.3 is 15.4 Å². The summed E-state index contributed by atoms with van der Waals surface area (Å²) >= 11 is 0. The minimum Gasteiger partial charge on any atom is -0.494 e. The molecule has 3 aromatic carbocycles. The Bertz CT molecular complexity index is 1330. The first kappa shape index (κ1) is 25.9. The fraction of sp³-hybridized carbons (Fsp3) is 0.231. The van der Waals surface area contributed by atoms with Crippen molar-refractivity contribution in [2.45, 2.75) is 25.7 Å². The van der Waals surface area contributed by atoms with Crippen molar-refractivity contribution in [2.24, 2.45) is 0 Å². The van der Waals surface area contributed by atoms with Gasteiger partial charge >= 0.3 is 0 Å². The van der Waals surface area contributed by atoms with Gasteiger partial charge in [0.05, 0.1) is 11.5 Å². The molecule has 3 rings (SSSR count). The molecule has 0 bridgehead atoms. The number of nitrogens with zero attached hydrogens (tertiary/aromatic N) is 1. The smallest absolute Gasteiger partial charge is 0.255 e. The molecule has 9 heteroatoms. The van der Waals surface area contributed by atoms with E-state index in [4.69, 9.17) is 4.74 Å². The summed E-state index contributed by atoms with van der Waals surface area (Å²) in [5, 5.41) is 5.57. The van der Waals surface area contributed by atoms with Crippen LogP contribution in [0.4, 0.5) is 11.4 Å². The second-order valence-corrected chi connectivity index (χ2v) is 10.3. The van der Waals surface area contributed by atoms with E-state index in [2.05, 4.69) is 10.6 Å². The molecule has 0 saturated carbocycles. The van der Waals surface area contributed by atoms with Crippen LogP contribution in [0.1, 0.15) is 38.8 Å². The molecule has 0 spiro atoms. The van der Waals surface area contributed by atoms with E-state index in [1.54, 1.807) is 68.4 Å². The topological polar surface area (TPSA) is 105 Å². The predicted octanol–water partition coefficient (Wildman–Crippen LogP) is 4.46. The second kappa shape index (κ2) is 10.7. The fourth-order valence-electron chi connectivity index (χ4n) is 3.34. The summed E-state index contributed by atoms with van der Waals surface area (Å²) in [6.45, 7) is 5.94. The van der Waals surface area contributed by atoms with Gasteiger partial charge in [0, 0.05) is 36.6 Å². The Morgan fingerprint density at radius 3 is 1.86 bits per heavy atom. The van der Waals surface area contributed by atoms with E-state index in [9.17, 15) is 18.0 Å². The number of rotatable bonds is 8. The SMILES string of the molecule is CCOc1ccc(NC(=O)c2ccc(NC(=O)c3cc(C)c(C)c(S(=O)(=O)N(C)C)c3)cc2)cc1. The summed E-state index contributed by atoms with van der Waals surface area (Å²) in [5.41, 5.74) is 3.04. The van der Waals surface area contributed by atoms with Crippen LogP contribution >= 0.6 is 0 Å². The summed E-state index contributed by atoms with van der Waals surface area (Å²) in [6.07, 6.45) is 0. The predicted molar refractivity (Wildman–Crippen MR) is 137 cm³/mol. The first-order valence-corrected chi connectivity index (χ1v) is 12.5.